The van der Waals surface area contributed by atoms with Crippen molar-refractivity contribution in [2.75, 3.05) is 0 Å². The van der Waals surface area contributed by atoms with E-state index < -0.39 is 0 Å². The molecule has 1 rings (SSSR count). The Labute approximate surface area is 67.1 Å². The third kappa shape index (κ3) is 1.54. The standard InChI is InChI=1S/C6H6INO/c1-4-2-5(7)3-8-6(4)9/h2-3H,1H3,(H,8,9). The zero-order valence-corrected chi connectivity index (χ0v) is 7.08. The first-order chi connectivity index (χ1) is 4.20. The Bertz CT molecular complexity index is 224. The summed E-state index contributed by atoms with van der Waals surface area (Å²) in [5.41, 5.74) is 0.821. The number of aromatic nitrogens is 1. The number of aromatic hydroxyl groups is 1. The largest absolute Gasteiger partial charge is 0.493 e. The molecule has 1 aromatic heterocycles. The maximum absolute atomic E-state index is 8.93. The van der Waals surface area contributed by atoms with Crippen LogP contribution in [-0.2, 0) is 0 Å². The molecule has 0 aliphatic carbocycles. The Morgan fingerprint density at radius 3 is 2.78 bits per heavy atom. The van der Waals surface area contributed by atoms with Gasteiger partial charge in [-0.25, -0.2) is 4.98 Å². The van der Waals surface area contributed by atoms with Crippen molar-refractivity contribution in [1.82, 2.24) is 4.98 Å². The molecule has 1 aromatic rings. The van der Waals surface area contributed by atoms with Crippen LogP contribution in [0.15, 0.2) is 12.3 Å². The molecule has 1 heterocycles. The van der Waals surface area contributed by atoms with Gasteiger partial charge >= 0.3 is 0 Å². The van der Waals surface area contributed by atoms with Crippen LogP contribution in [0, 0.1) is 10.5 Å². The third-order valence-electron chi connectivity index (χ3n) is 1.02. The first-order valence-electron chi connectivity index (χ1n) is 2.51. The van der Waals surface area contributed by atoms with Gasteiger partial charge in [0.05, 0.1) is 0 Å². The zero-order valence-electron chi connectivity index (χ0n) is 4.93. The molecule has 48 valence electrons. The fourth-order valence-electron chi connectivity index (χ4n) is 0.533. The van der Waals surface area contributed by atoms with E-state index in [4.69, 9.17) is 5.11 Å². The summed E-state index contributed by atoms with van der Waals surface area (Å²) in [5.74, 6) is 0.121. The Hall–Kier alpha value is -0.320. The van der Waals surface area contributed by atoms with Crippen molar-refractivity contribution in [1.29, 1.82) is 0 Å². The first kappa shape index (κ1) is 6.80. The van der Waals surface area contributed by atoms with Crippen LogP contribution >= 0.6 is 22.6 Å². The molecule has 0 aliphatic heterocycles. The molecule has 9 heavy (non-hydrogen) atoms. The van der Waals surface area contributed by atoms with Gasteiger partial charge in [0.2, 0.25) is 5.88 Å². The van der Waals surface area contributed by atoms with Gasteiger partial charge < -0.3 is 5.11 Å². The topological polar surface area (TPSA) is 33.1 Å². The van der Waals surface area contributed by atoms with E-state index in [1.807, 2.05) is 13.0 Å². The summed E-state index contributed by atoms with van der Waals surface area (Å²) in [7, 11) is 0. The summed E-state index contributed by atoms with van der Waals surface area (Å²) in [4.78, 5) is 3.73. The molecule has 0 atom stereocenters. The number of hydrogen-bond donors (Lipinski definition) is 1. The molecule has 2 nitrogen and oxygen atoms in total. The summed E-state index contributed by atoms with van der Waals surface area (Å²) in [6.45, 7) is 1.82. The lowest BCUT2D eigenvalue weighted by Gasteiger charge is -1.94. The number of nitrogens with zero attached hydrogens (tertiary/aromatic N) is 1. The van der Waals surface area contributed by atoms with Crippen molar-refractivity contribution in [3.05, 3.63) is 21.4 Å². The number of halogens is 1. The number of pyridine rings is 1. The fraction of sp³-hybridized carbons (Fsp3) is 0.167. The van der Waals surface area contributed by atoms with Crippen LogP contribution in [0.5, 0.6) is 5.88 Å². The predicted molar refractivity (Wildman–Crippen MR) is 43.4 cm³/mol. The summed E-state index contributed by atoms with van der Waals surface area (Å²) in [6.07, 6.45) is 1.63. The van der Waals surface area contributed by atoms with Crippen molar-refractivity contribution < 1.29 is 5.11 Å². The molecule has 0 spiro atoms. The van der Waals surface area contributed by atoms with Crippen LogP contribution in [-0.4, -0.2) is 10.1 Å². The van der Waals surface area contributed by atoms with E-state index in [1.54, 1.807) is 6.20 Å². The van der Waals surface area contributed by atoms with Crippen molar-refractivity contribution in [3.63, 3.8) is 0 Å². The van der Waals surface area contributed by atoms with Crippen LogP contribution in [0.25, 0.3) is 0 Å². The van der Waals surface area contributed by atoms with Gasteiger partial charge in [-0.05, 0) is 35.6 Å². The van der Waals surface area contributed by atoms with E-state index in [0.717, 1.165) is 9.13 Å². The lowest BCUT2D eigenvalue weighted by Crippen LogP contribution is -1.80. The Kier molecular flexibility index (Phi) is 1.90. The summed E-state index contributed by atoms with van der Waals surface area (Å²) in [5, 5.41) is 8.93. The van der Waals surface area contributed by atoms with Crippen LogP contribution in [0.4, 0.5) is 0 Å². The van der Waals surface area contributed by atoms with Crippen LogP contribution in [0.2, 0.25) is 0 Å². The van der Waals surface area contributed by atoms with Crippen molar-refractivity contribution >= 4 is 22.6 Å². The fourth-order valence-corrected chi connectivity index (χ4v) is 1.14. The van der Waals surface area contributed by atoms with Gasteiger partial charge in [0, 0.05) is 15.3 Å². The van der Waals surface area contributed by atoms with E-state index >= 15 is 0 Å². The minimum Gasteiger partial charge on any atom is -0.493 e. The average molecular weight is 235 g/mol. The monoisotopic (exact) mass is 235 g/mol. The van der Waals surface area contributed by atoms with E-state index in [9.17, 15) is 0 Å². The molecule has 0 bridgehead atoms. The second-order valence-corrected chi connectivity index (χ2v) is 3.04. The van der Waals surface area contributed by atoms with E-state index in [0.29, 0.717) is 0 Å². The van der Waals surface area contributed by atoms with Crippen LogP contribution < -0.4 is 0 Å². The van der Waals surface area contributed by atoms with Gasteiger partial charge in [-0.15, -0.1) is 0 Å². The molecule has 3 heteroatoms. The minimum absolute atomic E-state index is 0.121. The number of hydrogen-bond acceptors (Lipinski definition) is 2. The molecule has 0 aliphatic rings. The number of aryl methyl sites for hydroxylation is 1. The van der Waals surface area contributed by atoms with Gasteiger partial charge in [0.1, 0.15) is 0 Å². The molecule has 0 saturated heterocycles. The van der Waals surface area contributed by atoms with Crippen LogP contribution in [0.1, 0.15) is 5.56 Å². The maximum atomic E-state index is 8.93. The zero-order chi connectivity index (χ0) is 6.85. The predicted octanol–water partition coefficient (Wildman–Crippen LogP) is 1.70. The second kappa shape index (κ2) is 2.51. The first-order valence-corrected chi connectivity index (χ1v) is 3.59. The Balaban J connectivity index is 3.17. The highest BCUT2D eigenvalue weighted by atomic mass is 127. The molecule has 0 unspecified atom stereocenters. The van der Waals surface area contributed by atoms with Crippen molar-refractivity contribution in [3.8, 4) is 5.88 Å². The SMILES string of the molecule is Cc1cc(I)cnc1O. The van der Waals surface area contributed by atoms with Gasteiger partial charge in [-0.1, -0.05) is 0 Å². The molecule has 0 aromatic carbocycles. The normalized spacial score (nSPS) is 9.56. The second-order valence-electron chi connectivity index (χ2n) is 1.79. The molecule has 0 fully saturated rings. The van der Waals surface area contributed by atoms with Gasteiger partial charge in [-0.3, -0.25) is 0 Å². The number of rotatable bonds is 0. The Morgan fingerprint density at radius 2 is 2.33 bits per heavy atom. The summed E-state index contributed by atoms with van der Waals surface area (Å²) < 4.78 is 1.04. The molecule has 0 amide bonds. The quantitative estimate of drug-likeness (QED) is 0.694. The van der Waals surface area contributed by atoms with Gasteiger partial charge in [-0.2, -0.15) is 0 Å². The highest BCUT2D eigenvalue weighted by Gasteiger charge is 1.94. The van der Waals surface area contributed by atoms with Gasteiger partial charge in [0.25, 0.3) is 0 Å². The average Bonchev–Trinajstić information content (AvgIpc) is 1.80. The van der Waals surface area contributed by atoms with E-state index in [-0.39, 0.29) is 5.88 Å². The molecular weight excluding hydrogens is 229 g/mol. The minimum atomic E-state index is 0.121. The van der Waals surface area contributed by atoms with Crippen molar-refractivity contribution in [2.45, 2.75) is 6.92 Å². The summed E-state index contributed by atoms with van der Waals surface area (Å²) >= 11 is 2.15. The lowest BCUT2D eigenvalue weighted by atomic mass is 10.3. The van der Waals surface area contributed by atoms with Gasteiger partial charge in [0.15, 0.2) is 0 Å². The van der Waals surface area contributed by atoms with E-state index in [2.05, 4.69) is 27.6 Å². The molecule has 0 radical (unpaired) electrons. The molecule has 1 N–H and O–H groups in total. The van der Waals surface area contributed by atoms with Crippen LogP contribution in [0.3, 0.4) is 0 Å². The third-order valence-corrected chi connectivity index (χ3v) is 1.61. The Morgan fingerprint density at radius 1 is 1.67 bits per heavy atom. The smallest absolute Gasteiger partial charge is 0.213 e. The maximum Gasteiger partial charge on any atom is 0.213 e. The molecule has 0 saturated carbocycles. The highest BCUT2D eigenvalue weighted by Crippen LogP contribution is 2.13. The molecular formula is C6H6INO. The summed E-state index contributed by atoms with van der Waals surface area (Å²) in [6, 6.07) is 1.88. The highest BCUT2D eigenvalue weighted by molar-refractivity contribution is 14.1. The lowest BCUT2D eigenvalue weighted by molar-refractivity contribution is 0.449. The van der Waals surface area contributed by atoms with Crippen molar-refractivity contribution in [2.24, 2.45) is 0 Å². The van der Waals surface area contributed by atoms with E-state index in [1.165, 1.54) is 0 Å².